The van der Waals surface area contributed by atoms with Crippen molar-refractivity contribution in [3.8, 4) is 17.2 Å². The van der Waals surface area contributed by atoms with Crippen LogP contribution in [0.2, 0.25) is 0 Å². The third-order valence-electron chi connectivity index (χ3n) is 3.02. The van der Waals surface area contributed by atoms with Crippen LogP contribution >= 0.6 is 27.5 Å². The molecule has 1 aromatic heterocycles. The number of ether oxygens (including phenoxy) is 1. The normalized spacial score (nSPS) is 10.8. The van der Waals surface area contributed by atoms with Crippen molar-refractivity contribution in [3.63, 3.8) is 0 Å². The van der Waals surface area contributed by atoms with E-state index in [1.165, 1.54) is 19.3 Å². The Morgan fingerprint density at radius 2 is 2.10 bits per heavy atom. The summed E-state index contributed by atoms with van der Waals surface area (Å²) in [6, 6.07) is 5.72. The molecule has 0 saturated heterocycles. The third kappa shape index (κ3) is 4.71. The van der Waals surface area contributed by atoms with Gasteiger partial charge in [-0.25, -0.2) is 0 Å². The number of nitrogens with zero attached hydrogens (tertiary/aromatic N) is 2. The summed E-state index contributed by atoms with van der Waals surface area (Å²) in [6.45, 7) is 2.93. The van der Waals surface area contributed by atoms with Crippen molar-refractivity contribution < 1.29 is 9.15 Å². The molecule has 21 heavy (non-hydrogen) atoms. The first-order valence-electron chi connectivity index (χ1n) is 7.05. The Kier molecular flexibility index (Phi) is 6.51. The first kappa shape index (κ1) is 16.3. The average molecular weight is 374 g/mol. The zero-order valence-electron chi connectivity index (χ0n) is 11.9. The van der Waals surface area contributed by atoms with Crippen LogP contribution in [0.1, 0.15) is 38.5 Å². The summed E-state index contributed by atoms with van der Waals surface area (Å²) in [5, 5.41) is 7.81. The van der Waals surface area contributed by atoms with Crippen LogP contribution in [0.4, 0.5) is 0 Å². The van der Waals surface area contributed by atoms with Gasteiger partial charge >= 0.3 is 0 Å². The largest absolute Gasteiger partial charge is 0.492 e. The van der Waals surface area contributed by atoms with Gasteiger partial charge in [-0.3, -0.25) is 0 Å². The van der Waals surface area contributed by atoms with Crippen LogP contribution < -0.4 is 4.74 Å². The predicted molar refractivity (Wildman–Crippen MR) is 86.6 cm³/mol. The summed E-state index contributed by atoms with van der Waals surface area (Å²) >= 11 is 9.16. The minimum Gasteiger partial charge on any atom is -0.492 e. The van der Waals surface area contributed by atoms with Gasteiger partial charge in [0.1, 0.15) is 11.6 Å². The van der Waals surface area contributed by atoms with E-state index in [0.29, 0.717) is 11.8 Å². The molecular formula is C15H18BrClN2O2. The minimum atomic E-state index is 0.215. The van der Waals surface area contributed by atoms with Gasteiger partial charge in [0.05, 0.1) is 11.1 Å². The lowest BCUT2D eigenvalue weighted by Crippen LogP contribution is -1.98. The summed E-state index contributed by atoms with van der Waals surface area (Å²) in [5.41, 5.74) is 0.837. The number of halogens is 2. The van der Waals surface area contributed by atoms with Crippen molar-refractivity contribution in [1.82, 2.24) is 10.2 Å². The Morgan fingerprint density at radius 3 is 2.76 bits per heavy atom. The molecule has 0 unspecified atom stereocenters. The van der Waals surface area contributed by atoms with Gasteiger partial charge in [0.15, 0.2) is 0 Å². The molecule has 0 spiro atoms. The zero-order chi connectivity index (χ0) is 15.1. The molecule has 114 valence electrons. The van der Waals surface area contributed by atoms with Crippen molar-refractivity contribution in [2.75, 3.05) is 6.61 Å². The molecule has 0 N–H and O–H groups in total. The van der Waals surface area contributed by atoms with Crippen LogP contribution in [0.25, 0.3) is 11.5 Å². The third-order valence-corrected chi connectivity index (χ3v) is 3.86. The number of hydrogen-bond acceptors (Lipinski definition) is 4. The molecule has 1 aromatic carbocycles. The van der Waals surface area contributed by atoms with Crippen molar-refractivity contribution in [2.24, 2.45) is 0 Å². The van der Waals surface area contributed by atoms with Gasteiger partial charge in [-0.1, -0.05) is 26.2 Å². The smallest absolute Gasteiger partial charge is 0.247 e. The summed E-state index contributed by atoms with van der Waals surface area (Å²) < 4.78 is 12.1. The topological polar surface area (TPSA) is 48.2 Å². The molecule has 1 heterocycles. The second-order valence-electron chi connectivity index (χ2n) is 4.69. The predicted octanol–water partition coefficient (Wildman–Crippen LogP) is 5.20. The summed E-state index contributed by atoms with van der Waals surface area (Å²) in [4.78, 5) is 0. The fraction of sp³-hybridized carbons (Fsp3) is 0.467. The molecule has 0 atom stereocenters. The van der Waals surface area contributed by atoms with Crippen molar-refractivity contribution in [2.45, 2.75) is 38.5 Å². The zero-order valence-corrected chi connectivity index (χ0v) is 14.3. The van der Waals surface area contributed by atoms with Crippen molar-refractivity contribution in [1.29, 1.82) is 0 Å². The van der Waals surface area contributed by atoms with Gasteiger partial charge < -0.3 is 9.15 Å². The second kappa shape index (κ2) is 8.39. The Morgan fingerprint density at radius 1 is 1.24 bits per heavy atom. The van der Waals surface area contributed by atoms with Crippen LogP contribution in [0.5, 0.6) is 5.75 Å². The molecule has 0 bridgehead atoms. The molecule has 0 amide bonds. The van der Waals surface area contributed by atoms with Gasteiger partial charge in [0.2, 0.25) is 11.8 Å². The lowest BCUT2D eigenvalue weighted by molar-refractivity contribution is 0.303. The Labute approximate surface area is 138 Å². The van der Waals surface area contributed by atoms with Crippen LogP contribution in [0.15, 0.2) is 27.1 Å². The molecule has 6 heteroatoms. The summed E-state index contributed by atoms with van der Waals surface area (Å²) in [7, 11) is 0. The van der Waals surface area contributed by atoms with Crippen LogP contribution in [-0.4, -0.2) is 16.8 Å². The average Bonchev–Trinajstić information content (AvgIpc) is 2.97. The highest BCUT2D eigenvalue weighted by atomic mass is 79.9. The fourth-order valence-corrected chi connectivity index (χ4v) is 2.49. The van der Waals surface area contributed by atoms with Gasteiger partial charge in [-0.05, 0) is 40.5 Å². The monoisotopic (exact) mass is 372 g/mol. The highest BCUT2D eigenvalue weighted by Crippen LogP contribution is 2.30. The Balaban J connectivity index is 1.97. The quantitative estimate of drug-likeness (QED) is 0.471. The van der Waals surface area contributed by atoms with E-state index in [1.54, 1.807) is 0 Å². The van der Waals surface area contributed by atoms with Crippen molar-refractivity contribution in [3.05, 3.63) is 28.6 Å². The maximum atomic E-state index is 5.77. The number of hydrogen-bond donors (Lipinski definition) is 0. The van der Waals surface area contributed by atoms with E-state index in [4.69, 9.17) is 20.8 Å². The van der Waals surface area contributed by atoms with Gasteiger partial charge in [-0.15, -0.1) is 21.8 Å². The van der Waals surface area contributed by atoms with Crippen LogP contribution in [0.3, 0.4) is 0 Å². The lowest BCUT2D eigenvalue weighted by Gasteiger charge is -2.08. The molecule has 2 aromatic rings. The summed E-state index contributed by atoms with van der Waals surface area (Å²) in [5.74, 6) is 1.92. The van der Waals surface area contributed by atoms with E-state index in [-0.39, 0.29) is 5.88 Å². The van der Waals surface area contributed by atoms with E-state index in [1.807, 2.05) is 18.2 Å². The fourth-order valence-electron chi connectivity index (χ4n) is 1.89. The van der Waals surface area contributed by atoms with Gasteiger partial charge in [0.25, 0.3) is 0 Å². The van der Waals surface area contributed by atoms with Crippen LogP contribution in [-0.2, 0) is 5.88 Å². The molecule has 0 fully saturated rings. The first-order chi connectivity index (χ1) is 10.2. The number of aromatic nitrogens is 2. The van der Waals surface area contributed by atoms with Crippen LogP contribution in [0, 0.1) is 0 Å². The molecule has 2 rings (SSSR count). The maximum Gasteiger partial charge on any atom is 0.247 e. The highest BCUT2D eigenvalue weighted by molar-refractivity contribution is 9.10. The highest BCUT2D eigenvalue weighted by Gasteiger charge is 2.10. The van der Waals surface area contributed by atoms with E-state index < -0.39 is 0 Å². The first-order valence-corrected chi connectivity index (χ1v) is 8.38. The van der Waals surface area contributed by atoms with E-state index in [0.717, 1.165) is 28.8 Å². The van der Waals surface area contributed by atoms with Gasteiger partial charge in [0, 0.05) is 5.56 Å². The summed E-state index contributed by atoms with van der Waals surface area (Å²) in [6.07, 6.45) is 4.76. The molecular weight excluding hydrogens is 356 g/mol. The van der Waals surface area contributed by atoms with Gasteiger partial charge in [-0.2, -0.15) is 0 Å². The Hall–Kier alpha value is -1.07. The molecule has 0 aliphatic carbocycles. The number of alkyl halides is 1. The molecule has 0 aliphatic rings. The molecule has 4 nitrogen and oxygen atoms in total. The Bertz CT molecular complexity index is 575. The standard InChI is InChI=1S/C15H18BrClN2O2/c1-2-3-4-5-8-20-13-7-6-11(9-12(13)16)15-19-18-14(10-17)21-15/h6-7,9H,2-5,8,10H2,1H3. The SMILES string of the molecule is CCCCCCOc1ccc(-c2nnc(CCl)o2)cc1Br. The van der Waals surface area contributed by atoms with E-state index in [2.05, 4.69) is 33.1 Å². The van der Waals surface area contributed by atoms with E-state index >= 15 is 0 Å². The number of benzene rings is 1. The maximum absolute atomic E-state index is 5.77. The number of unbranched alkanes of at least 4 members (excludes halogenated alkanes) is 3. The molecule has 0 aliphatic heterocycles. The van der Waals surface area contributed by atoms with E-state index in [9.17, 15) is 0 Å². The second-order valence-corrected chi connectivity index (χ2v) is 5.81. The minimum absolute atomic E-state index is 0.215. The molecule has 0 saturated carbocycles. The number of rotatable bonds is 8. The lowest BCUT2D eigenvalue weighted by atomic mass is 10.2. The van der Waals surface area contributed by atoms with Crippen molar-refractivity contribution >= 4 is 27.5 Å². The molecule has 0 radical (unpaired) electrons.